The van der Waals surface area contributed by atoms with Crippen LogP contribution in [0.5, 0.6) is 0 Å². The molecule has 1 atom stereocenters. The Hall–Kier alpha value is -0.550. The van der Waals surface area contributed by atoms with E-state index in [1.54, 1.807) is 0 Å². The number of nitriles is 1. The van der Waals surface area contributed by atoms with Crippen molar-refractivity contribution in [3.63, 3.8) is 0 Å². The van der Waals surface area contributed by atoms with Crippen molar-refractivity contribution in [2.75, 3.05) is 0 Å². The molecule has 1 aliphatic rings. The molecule has 0 heterocycles. The van der Waals surface area contributed by atoms with Crippen molar-refractivity contribution in [1.29, 1.82) is 5.26 Å². The largest absolute Gasteiger partial charge is 0.299 e. The average molecular weight is 278 g/mol. The van der Waals surface area contributed by atoms with Crippen molar-refractivity contribution in [2.24, 2.45) is 0 Å². The van der Waals surface area contributed by atoms with E-state index in [9.17, 15) is 5.26 Å². The van der Waals surface area contributed by atoms with Gasteiger partial charge < -0.3 is 0 Å². The van der Waals surface area contributed by atoms with Gasteiger partial charge in [0.05, 0.1) is 12.1 Å². The Balaban J connectivity index is 2.05. The minimum atomic E-state index is 0.0914. The lowest BCUT2D eigenvalue weighted by Crippen LogP contribution is -2.37. The van der Waals surface area contributed by atoms with Crippen LogP contribution in [0.25, 0.3) is 0 Å². The number of hydrogen-bond acceptors (Lipinski definition) is 2. The zero-order valence-electron chi connectivity index (χ0n) is 13.5. The van der Waals surface area contributed by atoms with Gasteiger partial charge in [0, 0.05) is 6.04 Å². The second-order valence-corrected chi connectivity index (χ2v) is 6.45. The Labute approximate surface area is 126 Å². The summed E-state index contributed by atoms with van der Waals surface area (Å²) >= 11 is 0. The van der Waals surface area contributed by atoms with E-state index in [1.165, 1.54) is 83.5 Å². The molecule has 1 saturated carbocycles. The summed E-state index contributed by atoms with van der Waals surface area (Å²) in [5.41, 5.74) is 0. The van der Waals surface area contributed by atoms with Gasteiger partial charge in [-0.25, -0.2) is 0 Å². The van der Waals surface area contributed by atoms with E-state index in [-0.39, 0.29) is 6.04 Å². The van der Waals surface area contributed by atoms with Crippen LogP contribution in [0.4, 0.5) is 0 Å². The maximum absolute atomic E-state index is 9.29. The summed E-state index contributed by atoms with van der Waals surface area (Å²) in [4.78, 5) is 0. The van der Waals surface area contributed by atoms with Crippen molar-refractivity contribution < 1.29 is 0 Å². The monoisotopic (exact) mass is 278 g/mol. The van der Waals surface area contributed by atoms with E-state index < -0.39 is 0 Å². The molecule has 0 aromatic rings. The van der Waals surface area contributed by atoms with Crippen LogP contribution in [-0.2, 0) is 0 Å². The summed E-state index contributed by atoms with van der Waals surface area (Å²) in [6.45, 7) is 2.26. The van der Waals surface area contributed by atoms with Gasteiger partial charge in [-0.05, 0) is 19.3 Å². The van der Waals surface area contributed by atoms with E-state index in [0.29, 0.717) is 6.04 Å². The molecular formula is C18H34N2. The summed E-state index contributed by atoms with van der Waals surface area (Å²) in [7, 11) is 0. The number of nitrogens with zero attached hydrogens (tertiary/aromatic N) is 1. The van der Waals surface area contributed by atoms with Crippen LogP contribution in [0, 0.1) is 11.3 Å². The molecule has 0 bridgehead atoms. The Morgan fingerprint density at radius 3 is 2.15 bits per heavy atom. The fourth-order valence-electron chi connectivity index (χ4n) is 3.22. The van der Waals surface area contributed by atoms with E-state index in [2.05, 4.69) is 18.3 Å². The van der Waals surface area contributed by atoms with Gasteiger partial charge in [0.25, 0.3) is 0 Å². The first-order chi connectivity index (χ1) is 9.86. The lowest BCUT2D eigenvalue weighted by molar-refractivity contribution is 0.409. The first-order valence-electron chi connectivity index (χ1n) is 9.02. The molecule has 0 aromatic heterocycles. The fourth-order valence-corrected chi connectivity index (χ4v) is 3.22. The number of nitrogens with one attached hydrogen (secondary N) is 1. The maximum Gasteiger partial charge on any atom is 0.0955 e. The Bertz CT molecular complexity index is 249. The van der Waals surface area contributed by atoms with Crippen molar-refractivity contribution in [1.82, 2.24) is 5.32 Å². The molecule has 1 N–H and O–H groups in total. The highest BCUT2D eigenvalue weighted by Gasteiger charge is 2.16. The normalized spacial score (nSPS) is 18.4. The zero-order chi connectivity index (χ0) is 14.5. The van der Waals surface area contributed by atoms with Crippen molar-refractivity contribution in [3.05, 3.63) is 0 Å². The average Bonchev–Trinajstić information content (AvgIpc) is 2.73. The molecule has 0 amide bonds. The minimum absolute atomic E-state index is 0.0914. The highest BCUT2D eigenvalue weighted by atomic mass is 14.9. The smallest absolute Gasteiger partial charge is 0.0955 e. The van der Waals surface area contributed by atoms with Crippen molar-refractivity contribution in [2.45, 2.75) is 109 Å². The molecule has 2 nitrogen and oxygen atoms in total. The van der Waals surface area contributed by atoms with E-state index >= 15 is 0 Å². The zero-order valence-corrected chi connectivity index (χ0v) is 13.5. The topological polar surface area (TPSA) is 35.8 Å². The molecule has 1 unspecified atom stereocenters. The van der Waals surface area contributed by atoms with Crippen molar-refractivity contribution >= 4 is 0 Å². The number of hydrogen-bond donors (Lipinski definition) is 1. The Morgan fingerprint density at radius 2 is 1.55 bits per heavy atom. The summed E-state index contributed by atoms with van der Waals surface area (Å²) in [6.07, 6.45) is 18.4. The third-order valence-corrected chi connectivity index (χ3v) is 4.54. The van der Waals surface area contributed by atoms with Gasteiger partial charge in [0.2, 0.25) is 0 Å². The second kappa shape index (κ2) is 12.2. The standard InChI is InChI=1S/C18H34N2/c1-2-3-4-5-6-7-12-15-18(16-19)20-17-13-10-8-9-11-14-17/h17-18,20H,2-15H2,1H3. The SMILES string of the molecule is CCCCCCCCCC(C#N)NC1CCCCCC1. The quantitative estimate of drug-likeness (QED) is 0.433. The van der Waals surface area contributed by atoms with Crippen LogP contribution in [0.2, 0.25) is 0 Å². The van der Waals surface area contributed by atoms with Crippen LogP contribution < -0.4 is 5.32 Å². The summed E-state index contributed by atoms with van der Waals surface area (Å²) in [5, 5.41) is 12.9. The molecule has 0 radical (unpaired) electrons. The summed E-state index contributed by atoms with van der Waals surface area (Å²) < 4.78 is 0. The summed E-state index contributed by atoms with van der Waals surface area (Å²) in [6, 6.07) is 3.16. The molecule has 0 aliphatic heterocycles. The van der Waals surface area contributed by atoms with Gasteiger partial charge >= 0.3 is 0 Å². The molecule has 0 spiro atoms. The molecule has 1 rings (SSSR count). The minimum Gasteiger partial charge on any atom is -0.299 e. The van der Waals surface area contributed by atoms with E-state index in [1.807, 2.05) is 0 Å². The number of unbranched alkanes of at least 4 members (excludes halogenated alkanes) is 6. The Morgan fingerprint density at radius 1 is 0.950 bits per heavy atom. The van der Waals surface area contributed by atoms with Gasteiger partial charge in [0.1, 0.15) is 0 Å². The molecular weight excluding hydrogens is 244 g/mol. The fraction of sp³-hybridized carbons (Fsp3) is 0.944. The molecule has 116 valence electrons. The van der Waals surface area contributed by atoms with Crippen molar-refractivity contribution in [3.8, 4) is 6.07 Å². The number of rotatable bonds is 10. The maximum atomic E-state index is 9.29. The molecule has 1 fully saturated rings. The molecule has 20 heavy (non-hydrogen) atoms. The van der Waals surface area contributed by atoms with E-state index in [4.69, 9.17) is 0 Å². The van der Waals surface area contributed by atoms with Gasteiger partial charge in [0.15, 0.2) is 0 Å². The highest BCUT2D eigenvalue weighted by Crippen LogP contribution is 2.18. The Kier molecular flexibility index (Phi) is 10.7. The highest BCUT2D eigenvalue weighted by molar-refractivity contribution is 4.92. The first-order valence-corrected chi connectivity index (χ1v) is 9.02. The second-order valence-electron chi connectivity index (χ2n) is 6.45. The van der Waals surface area contributed by atoms with Crippen LogP contribution in [0.1, 0.15) is 96.8 Å². The van der Waals surface area contributed by atoms with Gasteiger partial charge in [-0.3, -0.25) is 5.32 Å². The molecule has 0 aromatic carbocycles. The van der Waals surface area contributed by atoms with Crippen LogP contribution in [0.15, 0.2) is 0 Å². The van der Waals surface area contributed by atoms with Gasteiger partial charge in [-0.15, -0.1) is 0 Å². The van der Waals surface area contributed by atoms with Gasteiger partial charge in [-0.2, -0.15) is 5.26 Å². The predicted octanol–water partition coefficient (Wildman–Crippen LogP) is 5.33. The predicted molar refractivity (Wildman–Crippen MR) is 86.6 cm³/mol. The lowest BCUT2D eigenvalue weighted by Gasteiger charge is -2.20. The van der Waals surface area contributed by atoms with Gasteiger partial charge in [-0.1, -0.05) is 77.6 Å². The first kappa shape index (κ1) is 17.5. The van der Waals surface area contributed by atoms with E-state index in [0.717, 1.165) is 6.42 Å². The third kappa shape index (κ3) is 8.59. The van der Waals surface area contributed by atoms with Crippen LogP contribution in [0.3, 0.4) is 0 Å². The van der Waals surface area contributed by atoms with Crippen LogP contribution in [-0.4, -0.2) is 12.1 Å². The lowest BCUT2D eigenvalue weighted by atomic mass is 10.0. The molecule has 0 saturated heterocycles. The van der Waals surface area contributed by atoms with Crippen LogP contribution >= 0.6 is 0 Å². The molecule has 2 heteroatoms. The molecule has 1 aliphatic carbocycles. The third-order valence-electron chi connectivity index (χ3n) is 4.54. The summed E-state index contributed by atoms with van der Waals surface area (Å²) in [5.74, 6) is 0.